The average molecular weight is 363 g/mol. The first-order chi connectivity index (χ1) is 12.7. The molecule has 1 saturated heterocycles. The number of halogens is 2. The monoisotopic (exact) mass is 362 g/mol. The van der Waals surface area contributed by atoms with E-state index in [1.54, 1.807) is 6.07 Å². The van der Waals surface area contributed by atoms with Crippen LogP contribution in [0.1, 0.15) is 28.9 Å². The molecule has 2 aliphatic heterocycles. The van der Waals surface area contributed by atoms with Crippen LogP contribution in [0.15, 0.2) is 83.9 Å². The largest absolute Gasteiger partial charge is 0.263 e. The molecule has 0 amide bonds. The smallest absolute Gasteiger partial charge is 0.132 e. The Morgan fingerprint density at radius 1 is 0.808 bits per heavy atom. The van der Waals surface area contributed by atoms with Crippen molar-refractivity contribution in [3.63, 3.8) is 0 Å². The molecule has 0 radical (unpaired) electrons. The Morgan fingerprint density at radius 2 is 1.50 bits per heavy atom. The minimum absolute atomic E-state index is 0.170. The molecule has 26 heavy (non-hydrogen) atoms. The molecule has 0 aromatic heterocycles. The second kappa shape index (κ2) is 6.04. The van der Waals surface area contributed by atoms with Crippen molar-refractivity contribution in [1.82, 2.24) is 4.90 Å². The molecule has 0 bridgehead atoms. The third-order valence-electron chi connectivity index (χ3n) is 5.14. The summed E-state index contributed by atoms with van der Waals surface area (Å²) in [7, 11) is 0. The van der Waals surface area contributed by atoms with Crippen LogP contribution in [-0.4, -0.2) is 16.7 Å². The zero-order valence-electron chi connectivity index (χ0n) is 13.9. The molecule has 4 atom stereocenters. The van der Waals surface area contributed by atoms with E-state index in [2.05, 4.69) is 17.0 Å². The Balaban J connectivity index is 1.58. The molecule has 1 fully saturated rings. The van der Waals surface area contributed by atoms with E-state index in [9.17, 15) is 4.39 Å². The maximum Gasteiger partial charge on any atom is 0.132 e. The summed E-state index contributed by atoms with van der Waals surface area (Å²) in [6.07, 6.45) is -0.294. The van der Waals surface area contributed by atoms with Gasteiger partial charge in [-0.15, -0.1) is 0 Å². The molecule has 128 valence electrons. The van der Waals surface area contributed by atoms with Crippen LogP contribution in [0.5, 0.6) is 0 Å². The van der Waals surface area contributed by atoms with Gasteiger partial charge >= 0.3 is 0 Å². The van der Waals surface area contributed by atoms with Crippen molar-refractivity contribution >= 4 is 17.3 Å². The van der Waals surface area contributed by atoms with Crippen molar-refractivity contribution in [2.75, 3.05) is 0 Å². The number of nitrogens with zero attached hydrogens (tertiary/aromatic N) is 2. The van der Waals surface area contributed by atoms with E-state index in [1.165, 1.54) is 11.6 Å². The van der Waals surface area contributed by atoms with Gasteiger partial charge in [-0.25, -0.2) is 4.39 Å². The van der Waals surface area contributed by atoms with Crippen LogP contribution in [0, 0.1) is 5.82 Å². The molecular formula is C22H16ClFN2. The summed E-state index contributed by atoms with van der Waals surface area (Å²) in [5, 5.41) is 0.720. The van der Waals surface area contributed by atoms with E-state index in [0.29, 0.717) is 5.56 Å². The summed E-state index contributed by atoms with van der Waals surface area (Å²) < 4.78 is 14.4. The van der Waals surface area contributed by atoms with E-state index in [4.69, 9.17) is 16.6 Å². The van der Waals surface area contributed by atoms with Gasteiger partial charge in [-0.2, -0.15) is 0 Å². The molecule has 2 nitrogen and oxygen atoms in total. The fourth-order valence-corrected chi connectivity index (χ4v) is 4.03. The first-order valence-electron chi connectivity index (χ1n) is 8.64. The van der Waals surface area contributed by atoms with Crippen molar-refractivity contribution in [2.45, 2.75) is 18.2 Å². The molecule has 2 heterocycles. The van der Waals surface area contributed by atoms with Crippen molar-refractivity contribution in [3.8, 4) is 0 Å². The second-order valence-corrected chi connectivity index (χ2v) is 7.10. The summed E-state index contributed by atoms with van der Waals surface area (Å²) >= 11 is 6.04. The quantitative estimate of drug-likeness (QED) is 0.569. The Hall–Kier alpha value is -2.49. The van der Waals surface area contributed by atoms with Crippen LogP contribution in [0.2, 0.25) is 5.02 Å². The van der Waals surface area contributed by atoms with Gasteiger partial charge in [0.2, 0.25) is 0 Å². The first-order valence-corrected chi connectivity index (χ1v) is 9.02. The zero-order valence-corrected chi connectivity index (χ0v) is 14.6. The normalized spacial score (nSPS) is 26.3. The van der Waals surface area contributed by atoms with E-state index < -0.39 is 0 Å². The van der Waals surface area contributed by atoms with Crippen molar-refractivity contribution in [1.29, 1.82) is 0 Å². The molecule has 4 heteroatoms. The summed E-state index contributed by atoms with van der Waals surface area (Å²) in [5.41, 5.74) is 3.93. The molecule has 0 N–H and O–H groups in total. The van der Waals surface area contributed by atoms with Gasteiger partial charge in [0.15, 0.2) is 0 Å². The molecule has 0 spiro atoms. The van der Waals surface area contributed by atoms with Gasteiger partial charge < -0.3 is 0 Å². The van der Waals surface area contributed by atoms with Crippen LogP contribution < -0.4 is 0 Å². The Kier molecular flexibility index (Phi) is 3.66. The second-order valence-electron chi connectivity index (χ2n) is 6.66. The van der Waals surface area contributed by atoms with Crippen molar-refractivity contribution < 1.29 is 4.39 Å². The SMILES string of the molecule is Fc1ccccc1[C@H]1N=C(c2ccccc2)[C@@H]2[C@@H](c3ccc(Cl)cc3)N12. The minimum Gasteiger partial charge on any atom is -0.263 e. The van der Waals surface area contributed by atoms with Crippen molar-refractivity contribution in [3.05, 3.63) is 106 Å². The molecule has 2 aliphatic rings. The number of aliphatic imine (C=N–C) groups is 1. The number of rotatable bonds is 3. The topological polar surface area (TPSA) is 15.4 Å². The fraction of sp³-hybridized carbons (Fsp3) is 0.136. The summed E-state index contributed by atoms with van der Waals surface area (Å²) in [6, 6.07) is 25.3. The van der Waals surface area contributed by atoms with Gasteiger partial charge in [0.25, 0.3) is 0 Å². The Morgan fingerprint density at radius 3 is 2.23 bits per heavy atom. The van der Waals surface area contributed by atoms with Gasteiger partial charge in [0, 0.05) is 10.6 Å². The Bertz CT molecular complexity index is 985. The van der Waals surface area contributed by atoms with Gasteiger partial charge in [0.1, 0.15) is 12.0 Å². The number of hydrogen-bond donors (Lipinski definition) is 0. The lowest BCUT2D eigenvalue weighted by molar-refractivity contribution is 0.390. The molecule has 3 aromatic carbocycles. The van der Waals surface area contributed by atoms with Crippen LogP contribution in [0.3, 0.4) is 0 Å². The molecule has 0 saturated carbocycles. The summed E-state index contributed by atoms with van der Waals surface area (Å²) in [4.78, 5) is 7.16. The predicted molar refractivity (Wildman–Crippen MR) is 102 cm³/mol. The van der Waals surface area contributed by atoms with Gasteiger partial charge in [-0.05, 0) is 29.3 Å². The number of fused-ring (bicyclic) bond motifs is 1. The van der Waals surface area contributed by atoms with Gasteiger partial charge in [0.05, 0.1) is 17.8 Å². The average Bonchev–Trinajstić information content (AvgIpc) is 3.28. The standard InChI is InChI=1S/C22H16ClFN2/c23-16-12-10-15(11-13-16)20-21-19(14-6-2-1-3-7-14)25-22(26(20)21)17-8-4-5-9-18(17)24/h1-13,20-22H/t20-,21-,22+,26?/m1/s1. The van der Waals surface area contributed by atoms with Crippen LogP contribution in [0.4, 0.5) is 4.39 Å². The van der Waals surface area contributed by atoms with E-state index >= 15 is 0 Å². The highest BCUT2D eigenvalue weighted by Gasteiger charge is 2.59. The molecule has 3 aromatic rings. The summed E-state index contributed by atoms with van der Waals surface area (Å²) in [5.74, 6) is -0.212. The van der Waals surface area contributed by atoms with E-state index in [-0.39, 0.29) is 24.1 Å². The molecular weight excluding hydrogens is 347 g/mol. The maximum atomic E-state index is 14.4. The first kappa shape index (κ1) is 15.7. The molecule has 1 unspecified atom stereocenters. The minimum atomic E-state index is -0.294. The molecule has 0 aliphatic carbocycles. The highest BCUT2D eigenvalue weighted by atomic mass is 35.5. The lowest BCUT2D eigenvalue weighted by Gasteiger charge is -2.15. The van der Waals surface area contributed by atoms with Gasteiger partial charge in [-0.3, -0.25) is 9.89 Å². The lowest BCUT2D eigenvalue weighted by atomic mass is 10.0. The van der Waals surface area contributed by atoms with Crippen LogP contribution in [-0.2, 0) is 0 Å². The maximum absolute atomic E-state index is 14.4. The third kappa shape index (κ3) is 2.47. The fourth-order valence-electron chi connectivity index (χ4n) is 3.90. The summed E-state index contributed by atoms with van der Waals surface area (Å²) in [6.45, 7) is 0. The van der Waals surface area contributed by atoms with E-state index in [0.717, 1.165) is 16.3 Å². The molecule has 5 rings (SSSR count). The van der Waals surface area contributed by atoms with Gasteiger partial charge in [-0.1, -0.05) is 72.3 Å². The number of benzene rings is 3. The number of hydrogen-bond acceptors (Lipinski definition) is 2. The van der Waals surface area contributed by atoms with Crippen molar-refractivity contribution in [2.24, 2.45) is 4.99 Å². The zero-order chi connectivity index (χ0) is 17.7. The Labute approximate surface area is 156 Å². The highest BCUT2D eigenvalue weighted by molar-refractivity contribution is 6.30. The third-order valence-corrected chi connectivity index (χ3v) is 5.39. The van der Waals surface area contributed by atoms with Crippen LogP contribution in [0.25, 0.3) is 0 Å². The van der Waals surface area contributed by atoms with Crippen LogP contribution >= 0.6 is 11.6 Å². The van der Waals surface area contributed by atoms with E-state index in [1.807, 2.05) is 54.6 Å². The predicted octanol–water partition coefficient (Wildman–Crippen LogP) is 5.41. The lowest BCUT2D eigenvalue weighted by Crippen LogP contribution is -2.09. The highest BCUT2D eigenvalue weighted by Crippen LogP contribution is 2.56.